The zero-order valence-electron chi connectivity index (χ0n) is 14.3. The van der Waals surface area contributed by atoms with Crippen LogP contribution in [0.25, 0.3) is 5.69 Å². The normalized spacial score (nSPS) is 10.6. The van der Waals surface area contributed by atoms with E-state index in [0.717, 1.165) is 5.56 Å². The second-order valence-electron chi connectivity index (χ2n) is 5.56. The van der Waals surface area contributed by atoms with Gasteiger partial charge in [-0.1, -0.05) is 17.7 Å². The number of benzene rings is 2. The van der Waals surface area contributed by atoms with Crippen LogP contribution in [0.15, 0.2) is 48.7 Å². The van der Waals surface area contributed by atoms with Crippen LogP contribution in [0, 0.1) is 12.7 Å². The molecule has 0 aliphatic heterocycles. The second kappa shape index (κ2) is 7.58. The Morgan fingerprint density at radius 1 is 1.27 bits per heavy atom. The van der Waals surface area contributed by atoms with Crippen LogP contribution in [0.4, 0.5) is 10.1 Å². The Kier molecular flexibility index (Phi) is 5.23. The summed E-state index contributed by atoms with van der Waals surface area (Å²) in [6, 6.07) is 11.1. The lowest BCUT2D eigenvalue weighted by atomic mass is 10.2. The number of nitrogens with zero attached hydrogens (tertiary/aromatic N) is 2. The highest BCUT2D eigenvalue weighted by Gasteiger charge is 2.20. The number of amides is 1. The summed E-state index contributed by atoms with van der Waals surface area (Å²) in [7, 11) is 0. The monoisotopic (exact) mass is 373 g/mol. The minimum atomic E-state index is -0.417. The van der Waals surface area contributed by atoms with E-state index in [4.69, 9.17) is 16.3 Å². The number of carbonyl (C=O) groups excluding carboxylic acids is 1. The first kappa shape index (κ1) is 17.9. The molecule has 0 fully saturated rings. The first-order chi connectivity index (χ1) is 12.5. The van der Waals surface area contributed by atoms with Crippen LogP contribution < -0.4 is 10.1 Å². The van der Waals surface area contributed by atoms with Gasteiger partial charge in [-0.3, -0.25) is 4.79 Å². The van der Waals surface area contributed by atoms with Crippen molar-refractivity contribution in [3.63, 3.8) is 0 Å². The third-order valence-corrected chi connectivity index (χ3v) is 4.21. The zero-order valence-corrected chi connectivity index (χ0v) is 15.0. The molecule has 3 rings (SSSR count). The molecule has 1 N–H and O–H groups in total. The fourth-order valence-corrected chi connectivity index (χ4v) is 2.60. The van der Waals surface area contributed by atoms with Crippen molar-refractivity contribution in [2.45, 2.75) is 13.8 Å². The smallest absolute Gasteiger partial charge is 0.280 e. The van der Waals surface area contributed by atoms with Crippen molar-refractivity contribution >= 4 is 23.2 Å². The summed E-state index contributed by atoms with van der Waals surface area (Å²) < 4.78 is 20.1. The minimum absolute atomic E-state index is 0.135. The summed E-state index contributed by atoms with van der Waals surface area (Å²) >= 11 is 6.09. The van der Waals surface area contributed by atoms with E-state index in [1.54, 1.807) is 36.5 Å². The molecule has 0 unspecified atom stereocenters. The van der Waals surface area contributed by atoms with Gasteiger partial charge in [0.25, 0.3) is 5.91 Å². The van der Waals surface area contributed by atoms with Crippen molar-refractivity contribution in [2.24, 2.45) is 0 Å². The molecule has 0 aliphatic rings. The van der Waals surface area contributed by atoms with Crippen molar-refractivity contribution in [3.05, 3.63) is 70.8 Å². The van der Waals surface area contributed by atoms with E-state index in [1.165, 1.54) is 16.8 Å². The van der Waals surface area contributed by atoms with Crippen molar-refractivity contribution in [2.75, 3.05) is 11.9 Å². The Hall–Kier alpha value is -2.86. The van der Waals surface area contributed by atoms with Gasteiger partial charge in [0.15, 0.2) is 11.4 Å². The molecule has 134 valence electrons. The summed E-state index contributed by atoms with van der Waals surface area (Å²) in [6.07, 6.45) is 1.59. The third-order valence-electron chi connectivity index (χ3n) is 3.80. The second-order valence-corrected chi connectivity index (χ2v) is 5.97. The predicted octanol–water partition coefficient (Wildman–Crippen LogP) is 4.62. The lowest BCUT2D eigenvalue weighted by molar-refractivity contribution is 0.101. The van der Waals surface area contributed by atoms with E-state index >= 15 is 0 Å². The maximum absolute atomic E-state index is 13.1. The lowest BCUT2D eigenvalue weighted by Crippen LogP contribution is -2.15. The summed E-state index contributed by atoms with van der Waals surface area (Å²) in [5, 5.41) is 7.66. The van der Waals surface area contributed by atoms with Crippen LogP contribution in [-0.4, -0.2) is 22.3 Å². The highest BCUT2D eigenvalue weighted by Crippen LogP contribution is 2.25. The average molecular weight is 374 g/mol. The Labute approximate surface area is 155 Å². The Balaban J connectivity index is 1.93. The summed E-state index contributed by atoms with van der Waals surface area (Å²) in [4.78, 5) is 12.7. The highest BCUT2D eigenvalue weighted by atomic mass is 35.5. The van der Waals surface area contributed by atoms with E-state index < -0.39 is 5.91 Å². The molecule has 7 heteroatoms. The summed E-state index contributed by atoms with van der Waals surface area (Å²) in [5.41, 5.74) is 2.11. The van der Waals surface area contributed by atoms with E-state index in [2.05, 4.69) is 10.4 Å². The molecule has 5 nitrogen and oxygen atoms in total. The highest BCUT2D eigenvalue weighted by molar-refractivity contribution is 6.31. The summed E-state index contributed by atoms with van der Waals surface area (Å²) in [5.74, 6) is -0.422. The number of hydrogen-bond donors (Lipinski definition) is 1. The number of carbonyl (C=O) groups is 1. The number of anilines is 1. The molecule has 3 aromatic rings. The number of ether oxygens (including phenoxy) is 1. The van der Waals surface area contributed by atoms with Gasteiger partial charge in [0.1, 0.15) is 5.82 Å². The Morgan fingerprint density at radius 2 is 2.00 bits per heavy atom. The average Bonchev–Trinajstić information content (AvgIpc) is 3.04. The number of halogens is 2. The number of aromatic nitrogens is 2. The van der Waals surface area contributed by atoms with Gasteiger partial charge in [-0.25, -0.2) is 9.07 Å². The SMILES string of the molecule is CCOc1cn(-c2ccc(F)cc2)nc1C(=O)Nc1cccc(Cl)c1C. The van der Waals surface area contributed by atoms with Crippen molar-refractivity contribution in [1.82, 2.24) is 9.78 Å². The fraction of sp³-hybridized carbons (Fsp3) is 0.158. The maximum atomic E-state index is 13.1. The molecule has 0 bridgehead atoms. The van der Waals surface area contributed by atoms with Crippen LogP contribution >= 0.6 is 11.6 Å². The number of nitrogens with one attached hydrogen (secondary N) is 1. The molecule has 0 atom stereocenters. The van der Waals surface area contributed by atoms with Gasteiger partial charge >= 0.3 is 0 Å². The van der Waals surface area contributed by atoms with E-state index in [1.807, 2.05) is 13.8 Å². The Bertz CT molecular complexity index is 938. The quantitative estimate of drug-likeness (QED) is 0.709. The maximum Gasteiger partial charge on any atom is 0.280 e. The van der Waals surface area contributed by atoms with Crippen molar-refractivity contribution in [1.29, 1.82) is 0 Å². The van der Waals surface area contributed by atoms with Crippen LogP contribution in [0.3, 0.4) is 0 Å². The zero-order chi connectivity index (χ0) is 18.7. The minimum Gasteiger partial charge on any atom is -0.490 e. The lowest BCUT2D eigenvalue weighted by Gasteiger charge is -2.09. The number of rotatable bonds is 5. The molecular formula is C19H17ClFN3O2. The van der Waals surface area contributed by atoms with Gasteiger partial charge in [0.05, 0.1) is 18.5 Å². The molecule has 0 saturated heterocycles. The topological polar surface area (TPSA) is 56.2 Å². The van der Waals surface area contributed by atoms with Crippen molar-refractivity contribution < 1.29 is 13.9 Å². The van der Waals surface area contributed by atoms with Gasteiger partial charge in [0.2, 0.25) is 0 Å². The largest absolute Gasteiger partial charge is 0.490 e. The molecule has 0 aliphatic carbocycles. The molecule has 1 aromatic heterocycles. The van der Waals surface area contributed by atoms with E-state index in [9.17, 15) is 9.18 Å². The first-order valence-electron chi connectivity index (χ1n) is 8.04. The molecule has 0 radical (unpaired) electrons. The van der Waals surface area contributed by atoms with Crippen LogP contribution in [0.5, 0.6) is 5.75 Å². The first-order valence-corrected chi connectivity index (χ1v) is 8.42. The van der Waals surface area contributed by atoms with Gasteiger partial charge in [0, 0.05) is 10.7 Å². The molecule has 26 heavy (non-hydrogen) atoms. The van der Waals surface area contributed by atoms with Gasteiger partial charge in [-0.2, -0.15) is 5.10 Å². The van der Waals surface area contributed by atoms with Crippen LogP contribution in [0.1, 0.15) is 23.0 Å². The number of hydrogen-bond acceptors (Lipinski definition) is 3. The van der Waals surface area contributed by atoms with Gasteiger partial charge in [-0.15, -0.1) is 0 Å². The van der Waals surface area contributed by atoms with E-state index in [-0.39, 0.29) is 11.5 Å². The van der Waals surface area contributed by atoms with Crippen LogP contribution in [0.2, 0.25) is 5.02 Å². The molecule has 0 saturated carbocycles. The predicted molar refractivity (Wildman–Crippen MR) is 98.8 cm³/mol. The standard InChI is InChI=1S/C19H17ClFN3O2/c1-3-26-17-11-24(14-9-7-13(21)8-10-14)23-18(17)19(25)22-16-6-4-5-15(20)12(16)2/h4-11H,3H2,1-2H3,(H,22,25). The third kappa shape index (κ3) is 3.70. The van der Waals surface area contributed by atoms with E-state index in [0.29, 0.717) is 28.8 Å². The molecule has 1 amide bonds. The molecule has 1 heterocycles. The molecule has 0 spiro atoms. The Morgan fingerprint density at radius 3 is 2.69 bits per heavy atom. The van der Waals surface area contributed by atoms with Crippen molar-refractivity contribution in [3.8, 4) is 11.4 Å². The van der Waals surface area contributed by atoms with Crippen LogP contribution in [-0.2, 0) is 0 Å². The fourth-order valence-electron chi connectivity index (χ4n) is 2.43. The molecule has 2 aromatic carbocycles. The van der Waals surface area contributed by atoms with Gasteiger partial charge in [-0.05, 0) is 55.8 Å². The van der Waals surface area contributed by atoms with Gasteiger partial charge < -0.3 is 10.1 Å². The molecular weight excluding hydrogens is 357 g/mol. The summed E-state index contributed by atoms with van der Waals surface area (Å²) in [6.45, 7) is 4.02.